The van der Waals surface area contributed by atoms with Crippen molar-refractivity contribution in [3.05, 3.63) is 23.9 Å². The van der Waals surface area contributed by atoms with Crippen molar-refractivity contribution < 1.29 is 17.9 Å². The van der Waals surface area contributed by atoms with Crippen molar-refractivity contribution in [1.29, 1.82) is 0 Å². The molecule has 1 saturated carbocycles. The van der Waals surface area contributed by atoms with Crippen molar-refractivity contribution in [2.75, 3.05) is 12.4 Å². The summed E-state index contributed by atoms with van der Waals surface area (Å²) in [6.45, 7) is 3.94. The van der Waals surface area contributed by atoms with Gasteiger partial charge in [0.05, 0.1) is 11.7 Å². The number of rotatable bonds is 3. The molecule has 0 amide bonds. The molecular formula is C13H17F3N2O. The normalized spacial score (nSPS) is 25.8. The van der Waals surface area contributed by atoms with E-state index in [0.717, 1.165) is 6.07 Å². The zero-order chi connectivity index (χ0) is 14.3. The predicted molar refractivity (Wildman–Crippen MR) is 65.8 cm³/mol. The first-order valence-corrected chi connectivity index (χ1v) is 6.08. The van der Waals surface area contributed by atoms with Gasteiger partial charge in [-0.15, -0.1) is 0 Å². The number of ether oxygens (including phenoxy) is 1. The smallest absolute Gasteiger partial charge is 0.381 e. The van der Waals surface area contributed by atoms with Gasteiger partial charge in [0.1, 0.15) is 5.82 Å². The van der Waals surface area contributed by atoms with Gasteiger partial charge in [-0.3, -0.25) is 0 Å². The molecule has 0 aliphatic heterocycles. The van der Waals surface area contributed by atoms with Crippen LogP contribution < -0.4 is 5.32 Å². The first-order valence-electron chi connectivity index (χ1n) is 6.08. The van der Waals surface area contributed by atoms with Crippen LogP contribution in [0.5, 0.6) is 0 Å². The van der Waals surface area contributed by atoms with Crippen LogP contribution in [0.3, 0.4) is 0 Å². The van der Waals surface area contributed by atoms with Crippen LogP contribution in [0.2, 0.25) is 0 Å². The second-order valence-electron chi connectivity index (χ2n) is 5.38. The van der Waals surface area contributed by atoms with Crippen LogP contribution in [-0.4, -0.2) is 24.2 Å². The Kier molecular flexibility index (Phi) is 3.47. The number of pyridine rings is 1. The van der Waals surface area contributed by atoms with Gasteiger partial charge in [0, 0.05) is 24.8 Å². The Hall–Kier alpha value is -1.30. The zero-order valence-electron chi connectivity index (χ0n) is 11.1. The molecule has 2 unspecified atom stereocenters. The summed E-state index contributed by atoms with van der Waals surface area (Å²) in [4.78, 5) is 3.81. The molecule has 0 aromatic carbocycles. The number of anilines is 1. The van der Waals surface area contributed by atoms with Crippen LogP contribution in [0.15, 0.2) is 18.3 Å². The van der Waals surface area contributed by atoms with Crippen molar-refractivity contribution in [1.82, 2.24) is 4.98 Å². The van der Waals surface area contributed by atoms with E-state index < -0.39 is 11.7 Å². The Morgan fingerprint density at radius 3 is 2.63 bits per heavy atom. The third kappa shape index (κ3) is 2.54. The molecular weight excluding hydrogens is 257 g/mol. The molecule has 1 heterocycles. The summed E-state index contributed by atoms with van der Waals surface area (Å²) in [6.07, 6.45) is -2.30. The molecule has 19 heavy (non-hydrogen) atoms. The molecule has 3 nitrogen and oxygen atoms in total. The Morgan fingerprint density at radius 2 is 2.11 bits per heavy atom. The highest BCUT2D eigenvalue weighted by molar-refractivity contribution is 5.47. The summed E-state index contributed by atoms with van der Waals surface area (Å²) in [5, 5.41) is 2.90. The number of methoxy groups -OCH3 is 1. The highest BCUT2D eigenvalue weighted by atomic mass is 19.4. The maximum atomic E-state index is 12.9. The summed E-state index contributed by atoms with van der Waals surface area (Å²) in [7, 11) is 1.62. The van der Waals surface area contributed by atoms with Crippen molar-refractivity contribution in [2.24, 2.45) is 5.41 Å². The van der Waals surface area contributed by atoms with Gasteiger partial charge >= 0.3 is 6.18 Å². The van der Waals surface area contributed by atoms with Crippen molar-refractivity contribution in [3.63, 3.8) is 0 Å². The molecule has 0 spiro atoms. The number of alkyl halides is 3. The van der Waals surface area contributed by atoms with Crippen LogP contribution >= 0.6 is 0 Å². The average Bonchev–Trinajstić information content (AvgIpc) is 2.33. The molecule has 2 atom stereocenters. The molecule has 1 aromatic heterocycles. The highest BCUT2D eigenvalue weighted by Crippen LogP contribution is 2.45. The van der Waals surface area contributed by atoms with Crippen molar-refractivity contribution >= 4 is 5.82 Å². The van der Waals surface area contributed by atoms with Crippen molar-refractivity contribution in [3.8, 4) is 0 Å². The van der Waals surface area contributed by atoms with Gasteiger partial charge in [0.15, 0.2) is 0 Å². The fraction of sp³-hybridized carbons (Fsp3) is 0.615. The second-order valence-corrected chi connectivity index (χ2v) is 5.38. The largest absolute Gasteiger partial charge is 0.419 e. The molecule has 1 fully saturated rings. The van der Waals surface area contributed by atoms with Crippen LogP contribution in [0.4, 0.5) is 19.0 Å². The first kappa shape index (κ1) is 14.1. The van der Waals surface area contributed by atoms with E-state index in [1.54, 1.807) is 7.11 Å². The molecule has 106 valence electrons. The van der Waals surface area contributed by atoms with E-state index in [-0.39, 0.29) is 23.4 Å². The van der Waals surface area contributed by atoms with Gasteiger partial charge in [-0.25, -0.2) is 4.98 Å². The summed E-state index contributed by atoms with van der Waals surface area (Å²) in [6, 6.07) is 2.25. The van der Waals surface area contributed by atoms with E-state index >= 15 is 0 Å². The fourth-order valence-corrected chi connectivity index (χ4v) is 2.44. The lowest BCUT2D eigenvalue weighted by atomic mass is 9.64. The fourth-order valence-electron chi connectivity index (χ4n) is 2.44. The van der Waals surface area contributed by atoms with Gasteiger partial charge < -0.3 is 10.1 Å². The van der Waals surface area contributed by atoms with Crippen LogP contribution in [0.25, 0.3) is 0 Å². The number of halogens is 3. The molecule has 1 aliphatic carbocycles. The van der Waals surface area contributed by atoms with E-state index in [0.29, 0.717) is 6.42 Å². The van der Waals surface area contributed by atoms with E-state index in [2.05, 4.69) is 10.3 Å². The average molecular weight is 274 g/mol. The molecule has 6 heteroatoms. The summed E-state index contributed by atoms with van der Waals surface area (Å²) < 4.78 is 43.8. The van der Waals surface area contributed by atoms with E-state index in [9.17, 15) is 13.2 Å². The Morgan fingerprint density at radius 1 is 1.42 bits per heavy atom. The van der Waals surface area contributed by atoms with Gasteiger partial charge in [-0.05, 0) is 18.6 Å². The molecule has 1 N–H and O–H groups in total. The SMILES string of the molecule is COC1CC(Nc2ncccc2C(F)(F)F)C1(C)C. The Labute approximate surface area is 110 Å². The molecule has 0 saturated heterocycles. The van der Waals surface area contributed by atoms with Gasteiger partial charge in [-0.1, -0.05) is 13.8 Å². The van der Waals surface area contributed by atoms with Crippen LogP contribution in [0, 0.1) is 5.41 Å². The van der Waals surface area contributed by atoms with Gasteiger partial charge in [0.25, 0.3) is 0 Å². The predicted octanol–water partition coefficient (Wildman–Crippen LogP) is 3.33. The van der Waals surface area contributed by atoms with Crippen LogP contribution in [-0.2, 0) is 10.9 Å². The maximum Gasteiger partial charge on any atom is 0.419 e. The lowest BCUT2D eigenvalue weighted by Crippen LogP contribution is -2.57. The minimum atomic E-state index is -4.40. The lowest BCUT2D eigenvalue weighted by molar-refractivity contribution is -0.137. The summed E-state index contributed by atoms with van der Waals surface area (Å²) >= 11 is 0. The monoisotopic (exact) mass is 274 g/mol. The Balaban J connectivity index is 2.18. The number of hydrogen-bond donors (Lipinski definition) is 1. The van der Waals surface area contributed by atoms with Gasteiger partial charge in [0.2, 0.25) is 0 Å². The zero-order valence-corrected chi connectivity index (χ0v) is 11.1. The third-order valence-corrected chi connectivity index (χ3v) is 3.89. The highest BCUT2D eigenvalue weighted by Gasteiger charge is 2.49. The van der Waals surface area contributed by atoms with Crippen molar-refractivity contribution in [2.45, 2.75) is 38.6 Å². The maximum absolute atomic E-state index is 12.9. The number of nitrogens with zero attached hydrogens (tertiary/aromatic N) is 1. The van der Waals surface area contributed by atoms with E-state index in [1.807, 2.05) is 13.8 Å². The van der Waals surface area contributed by atoms with E-state index in [1.165, 1.54) is 12.3 Å². The second kappa shape index (κ2) is 4.67. The number of hydrogen-bond acceptors (Lipinski definition) is 3. The Bertz CT molecular complexity index is 459. The summed E-state index contributed by atoms with van der Waals surface area (Å²) in [5.74, 6) is -0.109. The minimum Gasteiger partial charge on any atom is -0.381 e. The molecule has 0 bridgehead atoms. The number of nitrogens with one attached hydrogen (secondary N) is 1. The standard InChI is InChI=1S/C13H17F3N2O/c1-12(2)9(7-10(12)19-3)18-11-8(13(14,15)16)5-4-6-17-11/h4-6,9-10H,7H2,1-3H3,(H,17,18). The minimum absolute atomic E-state index is 0.0584. The molecule has 1 aromatic rings. The van der Waals surface area contributed by atoms with E-state index in [4.69, 9.17) is 4.74 Å². The van der Waals surface area contributed by atoms with Gasteiger partial charge in [-0.2, -0.15) is 13.2 Å². The van der Waals surface area contributed by atoms with Crippen LogP contribution in [0.1, 0.15) is 25.8 Å². The lowest BCUT2D eigenvalue weighted by Gasteiger charge is -2.51. The third-order valence-electron chi connectivity index (χ3n) is 3.89. The quantitative estimate of drug-likeness (QED) is 0.918. The molecule has 1 aliphatic rings. The summed E-state index contributed by atoms with van der Waals surface area (Å²) in [5.41, 5.74) is -0.943. The molecule has 2 rings (SSSR count). The topological polar surface area (TPSA) is 34.1 Å². The first-order chi connectivity index (χ1) is 8.76. The number of aromatic nitrogens is 1. The molecule has 0 radical (unpaired) electrons.